The van der Waals surface area contributed by atoms with Gasteiger partial charge in [0.1, 0.15) is 23.6 Å². The number of ether oxygens (including phenoxy) is 1. The Balaban J connectivity index is 1.07. The normalized spacial score (nSPS) is 23.4. The zero-order valence-electron chi connectivity index (χ0n) is 33.5. The van der Waals surface area contributed by atoms with Gasteiger partial charge in [-0.2, -0.15) is 0 Å². The molecule has 1 saturated carbocycles. The Hall–Kier alpha value is -5.02. The van der Waals surface area contributed by atoms with Gasteiger partial charge >= 0.3 is 6.03 Å². The molecule has 4 heterocycles. The Bertz CT molecular complexity index is 1960. The Morgan fingerprint density at radius 2 is 1.71 bits per heavy atom. The summed E-state index contributed by atoms with van der Waals surface area (Å²) in [5.41, 5.74) is 1.29. The second-order valence-electron chi connectivity index (χ2n) is 16.6. The first kappa shape index (κ1) is 42.1. The molecule has 2 saturated heterocycles. The van der Waals surface area contributed by atoms with E-state index in [2.05, 4.69) is 16.0 Å². The van der Waals surface area contributed by atoms with E-state index in [9.17, 15) is 23.6 Å². The van der Waals surface area contributed by atoms with Crippen molar-refractivity contribution < 1.29 is 37.1 Å². The van der Waals surface area contributed by atoms with Gasteiger partial charge in [-0.15, -0.1) is 0 Å². The van der Waals surface area contributed by atoms with Crippen LogP contribution in [-0.2, 0) is 25.7 Å². The maximum Gasteiger partial charge on any atom is 0.317 e. The lowest BCUT2D eigenvalue weighted by Gasteiger charge is -2.36. The van der Waals surface area contributed by atoms with E-state index < -0.39 is 35.8 Å². The predicted octanol–water partition coefficient (Wildman–Crippen LogP) is 5.19. The van der Waals surface area contributed by atoms with Gasteiger partial charge in [-0.25, -0.2) is 22.9 Å². The highest BCUT2D eigenvalue weighted by Gasteiger charge is 2.37. The number of imidazole rings is 1. The van der Waals surface area contributed by atoms with E-state index >= 15 is 8.78 Å². The van der Waals surface area contributed by atoms with E-state index in [0.29, 0.717) is 64.4 Å². The molecule has 5 amide bonds. The van der Waals surface area contributed by atoms with Crippen molar-refractivity contribution in [1.82, 2.24) is 35.3 Å². The largest absolute Gasteiger partial charge is 0.381 e. The molecule has 3 aromatic rings. The number of alkyl halides is 1. The molecule has 0 unspecified atom stereocenters. The zero-order chi connectivity index (χ0) is 41.5. The van der Waals surface area contributed by atoms with Crippen LogP contribution < -0.4 is 16.0 Å². The number of urea groups is 1. The van der Waals surface area contributed by atoms with Crippen LogP contribution in [0.5, 0.6) is 0 Å². The monoisotopic (exact) mass is 817 g/mol. The van der Waals surface area contributed by atoms with Crippen molar-refractivity contribution in [3.05, 3.63) is 89.9 Å². The molecule has 2 aromatic carbocycles. The molecule has 316 valence electrons. The van der Waals surface area contributed by atoms with Gasteiger partial charge in [0.25, 0.3) is 11.8 Å². The van der Waals surface area contributed by atoms with Crippen LogP contribution in [0.4, 0.5) is 18.0 Å². The molecule has 7 rings (SSSR count). The van der Waals surface area contributed by atoms with E-state index in [1.165, 1.54) is 17.1 Å². The van der Waals surface area contributed by atoms with Gasteiger partial charge < -0.3 is 30.2 Å². The van der Waals surface area contributed by atoms with Gasteiger partial charge in [-0.1, -0.05) is 30.3 Å². The summed E-state index contributed by atoms with van der Waals surface area (Å²) in [7, 11) is 0. The molecule has 1 aliphatic carbocycles. The average Bonchev–Trinajstić information content (AvgIpc) is 3.94. The van der Waals surface area contributed by atoms with E-state index in [0.717, 1.165) is 36.6 Å². The molecule has 0 bridgehead atoms. The fourth-order valence-corrected chi connectivity index (χ4v) is 8.88. The number of carbonyl (C=O) groups is 4. The van der Waals surface area contributed by atoms with Gasteiger partial charge in [-0.3, -0.25) is 19.3 Å². The molecule has 59 heavy (non-hydrogen) atoms. The van der Waals surface area contributed by atoms with Crippen LogP contribution in [0.25, 0.3) is 11.3 Å². The van der Waals surface area contributed by atoms with Crippen LogP contribution in [0.15, 0.2) is 66.9 Å². The summed E-state index contributed by atoms with van der Waals surface area (Å²) >= 11 is 0. The molecule has 3 N–H and O–H groups in total. The van der Waals surface area contributed by atoms with Crippen molar-refractivity contribution in [2.75, 3.05) is 52.5 Å². The summed E-state index contributed by atoms with van der Waals surface area (Å²) in [5.74, 6) is -2.14. The molecule has 12 nitrogen and oxygen atoms in total. The van der Waals surface area contributed by atoms with Crippen molar-refractivity contribution in [1.29, 1.82) is 0 Å². The number of nitrogens with zero attached hydrogens (tertiary/aromatic N) is 4. The molecule has 1 aromatic heterocycles. The SMILES string of the molecule is C[C@@H](CNC(=O)C1CCC(CN2C(=O)C=CC2=O)CC1)NC(=O)N(C[C@@H]1CNC[C@@H]1F)C[C@@H](c1nc(-c2cc(F)ccc2F)cn1Cc1ccccc1)C1CCOCC1. The third-order valence-electron chi connectivity index (χ3n) is 12.3. The van der Waals surface area contributed by atoms with Crippen LogP contribution in [0.1, 0.15) is 62.8 Å². The molecule has 15 heteroatoms. The average molecular weight is 818 g/mol. The molecule has 3 fully saturated rings. The molecule has 4 aliphatic rings. The second-order valence-corrected chi connectivity index (χ2v) is 16.6. The number of hydrogen-bond acceptors (Lipinski definition) is 7. The van der Waals surface area contributed by atoms with Crippen LogP contribution in [-0.4, -0.2) is 108 Å². The minimum atomic E-state index is -1.14. The minimum absolute atomic E-state index is 0.0175. The molecule has 4 atom stereocenters. The number of halogens is 3. The summed E-state index contributed by atoms with van der Waals surface area (Å²) in [6.45, 7) is 4.72. The number of imide groups is 1. The third kappa shape index (κ3) is 10.6. The number of rotatable bonds is 15. The predicted molar refractivity (Wildman–Crippen MR) is 215 cm³/mol. The summed E-state index contributed by atoms with van der Waals surface area (Å²) in [6, 6.07) is 12.2. The molecule has 0 radical (unpaired) electrons. The number of aromatic nitrogens is 2. The minimum Gasteiger partial charge on any atom is -0.381 e. The number of hydrogen-bond donors (Lipinski definition) is 3. The molecule has 0 spiro atoms. The number of nitrogens with one attached hydrogen (secondary N) is 3. The van der Waals surface area contributed by atoms with E-state index in [1.54, 1.807) is 11.1 Å². The van der Waals surface area contributed by atoms with Gasteiger partial charge in [0.2, 0.25) is 5.91 Å². The summed E-state index contributed by atoms with van der Waals surface area (Å²) in [5, 5.41) is 9.15. The summed E-state index contributed by atoms with van der Waals surface area (Å²) < 4.78 is 52.6. The van der Waals surface area contributed by atoms with Gasteiger partial charge in [-0.05, 0) is 81.0 Å². The number of benzene rings is 2. The lowest BCUT2D eigenvalue weighted by molar-refractivity contribution is -0.138. The first-order valence-electron chi connectivity index (χ1n) is 20.9. The topological polar surface area (TPSA) is 138 Å². The van der Waals surface area contributed by atoms with E-state index in [1.807, 2.05) is 41.8 Å². The fraction of sp³-hybridized carbons (Fsp3) is 0.523. The van der Waals surface area contributed by atoms with Crippen LogP contribution in [0.3, 0.4) is 0 Å². The van der Waals surface area contributed by atoms with Crippen LogP contribution in [0, 0.1) is 35.3 Å². The highest BCUT2D eigenvalue weighted by atomic mass is 19.1. The van der Waals surface area contributed by atoms with Crippen molar-refractivity contribution >= 4 is 23.8 Å². The Labute approximate surface area is 342 Å². The lowest BCUT2D eigenvalue weighted by atomic mass is 9.81. The van der Waals surface area contributed by atoms with Gasteiger partial charge in [0.05, 0.1) is 5.69 Å². The lowest BCUT2D eigenvalue weighted by Crippen LogP contribution is -2.51. The maximum absolute atomic E-state index is 15.2. The molecular formula is C44H54F3N7O5. The first-order chi connectivity index (χ1) is 28.5. The number of carbonyl (C=O) groups excluding carboxylic acids is 4. The van der Waals surface area contributed by atoms with Crippen molar-refractivity contribution in [3.63, 3.8) is 0 Å². The standard InChI is InChI=1S/C44H54F3N7O5/c1-28(20-49-43(57)32-9-7-30(8-10-32)24-54-40(55)13-14-41(54)56)50-44(58)53(25-33-21-48-22-38(33)47)26-36(31-15-17-59-18-16-31)42-51-39(35-19-34(45)11-12-37(35)46)27-52(42)23-29-5-3-2-4-6-29/h2-6,11-14,19,27-28,30-33,36,38,48H,7-10,15-18,20-26H2,1H3,(H,49,57)(H,50,58)/t28-,30?,32?,33-,36+,38-/m0/s1. The highest BCUT2D eigenvalue weighted by Crippen LogP contribution is 2.36. The van der Waals surface area contributed by atoms with E-state index in [-0.39, 0.29) is 78.8 Å². The summed E-state index contributed by atoms with van der Waals surface area (Å²) in [4.78, 5) is 59.5. The highest BCUT2D eigenvalue weighted by molar-refractivity contribution is 6.12. The Morgan fingerprint density at radius 1 is 0.983 bits per heavy atom. The first-order valence-corrected chi connectivity index (χ1v) is 20.9. The molecular weight excluding hydrogens is 764 g/mol. The smallest absolute Gasteiger partial charge is 0.317 e. The van der Waals surface area contributed by atoms with E-state index in [4.69, 9.17) is 9.72 Å². The van der Waals surface area contributed by atoms with Crippen LogP contribution in [0.2, 0.25) is 0 Å². The van der Waals surface area contributed by atoms with Crippen molar-refractivity contribution in [3.8, 4) is 11.3 Å². The summed E-state index contributed by atoms with van der Waals surface area (Å²) in [6.07, 6.45) is 7.25. The Morgan fingerprint density at radius 3 is 2.41 bits per heavy atom. The number of amides is 5. The fourth-order valence-electron chi connectivity index (χ4n) is 8.88. The van der Waals surface area contributed by atoms with Gasteiger partial charge in [0.15, 0.2) is 0 Å². The second kappa shape index (κ2) is 19.4. The van der Waals surface area contributed by atoms with Crippen molar-refractivity contribution in [2.24, 2.45) is 23.7 Å². The third-order valence-corrected chi connectivity index (χ3v) is 12.3. The zero-order valence-corrected chi connectivity index (χ0v) is 33.5. The van der Waals surface area contributed by atoms with Crippen LogP contribution >= 0.6 is 0 Å². The molecule has 3 aliphatic heterocycles. The van der Waals surface area contributed by atoms with Gasteiger partial charge in [0, 0.05) is 107 Å². The Kier molecular flexibility index (Phi) is 13.8. The maximum atomic E-state index is 15.2. The quantitative estimate of drug-likeness (QED) is 0.180. The van der Waals surface area contributed by atoms with Crippen molar-refractivity contribution in [2.45, 2.75) is 70.1 Å².